The Morgan fingerprint density at radius 3 is 1.40 bits per heavy atom. The van der Waals surface area contributed by atoms with Gasteiger partial charge >= 0.3 is 0 Å². The van der Waals surface area contributed by atoms with Crippen molar-refractivity contribution in [3.05, 3.63) is 59.7 Å². The number of nitrogens with zero attached hydrogens (tertiary/aromatic N) is 2. The Balaban J connectivity index is 2.56. The van der Waals surface area contributed by atoms with Crippen molar-refractivity contribution in [2.24, 2.45) is 0 Å². The second-order valence-corrected chi connectivity index (χ2v) is 4.53. The molecule has 2 rings (SSSR count). The molecule has 0 saturated heterocycles. The zero-order valence-electron chi connectivity index (χ0n) is 9.63. The lowest BCUT2D eigenvalue weighted by molar-refractivity contribution is 0.559. The molecule has 0 fully saturated rings. The van der Waals surface area contributed by atoms with Gasteiger partial charge in [0.05, 0.1) is 11.4 Å². The fraction of sp³-hybridized carbons (Fsp3) is 0. The third-order valence-corrected chi connectivity index (χ3v) is 2.73. The molecule has 8 heteroatoms. The molecule has 0 N–H and O–H groups in total. The number of hydrogen-bond acceptors (Lipinski definition) is 2. The van der Waals surface area contributed by atoms with Crippen molar-refractivity contribution >= 4 is 34.9 Å². The van der Waals surface area contributed by atoms with Gasteiger partial charge in [-0.1, -0.05) is 0 Å². The van der Waals surface area contributed by atoms with Gasteiger partial charge in [0.15, 0.2) is 11.6 Å². The molecule has 0 saturated carbocycles. The molecule has 0 radical (unpaired) electrons. The quantitative estimate of drug-likeness (QED) is 0.450. The number of rotatable bonds is 3. The number of hydrogen-bond donors (Lipinski definition) is 0. The average Bonchev–Trinajstić information content (AvgIpc) is 2.34. The molecule has 0 bridgehead atoms. The first-order chi connectivity index (χ1) is 9.40. The highest BCUT2D eigenvalue weighted by Gasteiger charge is 2.22. The molecule has 0 spiro atoms. The van der Waals surface area contributed by atoms with Gasteiger partial charge in [-0.05, 0) is 28.3 Å². The van der Waals surface area contributed by atoms with Crippen molar-refractivity contribution in [2.75, 3.05) is 5.01 Å². The standard InChI is InChI=1S/C12H6Cl2F4N2/c13-20(14)19(11-3-1-7(15)5-9(11)17)12-4-2-8(16)6-10(12)18/h1-6H. The van der Waals surface area contributed by atoms with Gasteiger partial charge in [-0.3, -0.25) is 0 Å². The predicted molar refractivity (Wildman–Crippen MR) is 68.4 cm³/mol. The minimum absolute atomic E-state index is 0.304. The van der Waals surface area contributed by atoms with Crippen LogP contribution >= 0.6 is 23.6 Å². The molecular weight excluding hydrogens is 319 g/mol. The summed E-state index contributed by atoms with van der Waals surface area (Å²) in [6.45, 7) is 0. The van der Waals surface area contributed by atoms with Gasteiger partial charge in [0, 0.05) is 35.7 Å². The first-order valence-corrected chi connectivity index (χ1v) is 5.89. The summed E-state index contributed by atoms with van der Waals surface area (Å²) in [5.41, 5.74) is -0.608. The number of anilines is 2. The summed E-state index contributed by atoms with van der Waals surface area (Å²) in [7, 11) is 0. The highest BCUT2D eigenvalue weighted by atomic mass is 35.5. The van der Waals surface area contributed by atoms with Gasteiger partial charge in [-0.25, -0.2) is 22.6 Å². The van der Waals surface area contributed by atoms with E-state index in [1.807, 2.05) is 0 Å². The smallest absolute Gasteiger partial charge is 0.151 e. The Morgan fingerprint density at radius 2 is 1.10 bits per heavy atom. The highest BCUT2D eigenvalue weighted by molar-refractivity contribution is 6.34. The molecule has 2 aromatic carbocycles. The van der Waals surface area contributed by atoms with Crippen molar-refractivity contribution in [1.29, 1.82) is 0 Å². The van der Waals surface area contributed by atoms with Gasteiger partial charge in [0.1, 0.15) is 11.6 Å². The van der Waals surface area contributed by atoms with Crippen LogP contribution in [-0.4, -0.2) is 4.05 Å². The summed E-state index contributed by atoms with van der Waals surface area (Å²) in [5, 5.41) is 0.715. The van der Waals surface area contributed by atoms with Crippen LogP contribution in [0.2, 0.25) is 0 Å². The molecule has 2 nitrogen and oxygen atoms in total. The molecule has 20 heavy (non-hydrogen) atoms. The Labute approximate surface area is 121 Å². The van der Waals surface area contributed by atoms with Crippen LogP contribution in [-0.2, 0) is 0 Å². The lowest BCUT2D eigenvalue weighted by atomic mass is 10.2. The largest absolute Gasteiger partial charge is 0.240 e. The molecule has 0 unspecified atom stereocenters. The van der Waals surface area contributed by atoms with Crippen LogP contribution in [0.25, 0.3) is 0 Å². The first-order valence-electron chi connectivity index (χ1n) is 5.22. The van der Waals surface area contributed by atoms with E-state index >= 15 is 0 Å². The topological polar surface area (TPSA) is 6.48 Å². The highest BCUT2D eigenvalue weighted by Crippen LogP contribution is 2.34. The predicted octanol–water partition coefficient (Wildman–Crippen LogP) is 4.91. The molecule has 0 aliphatic heterocycles. The van der Waals surface area contributed by atoms with Gasteiger partial charge in [0.2, 0.25) is 0 Å². The van der Waals surface area contributed by atoms with E-state index in [2.05, 4.69) is 0 Å². The van der Waals surface area contributed by atoms with Crippen LogP contribution in [0.3, 0.4) is 0 Å². The Bertz CT molecular complexity index is 585. The summed E-state index contributed by atoms with van der Waals surface area (Å²) in [5.74, 6) is -3.66. The van der Waals surface area contributed by atoms with Crippen LogP contribution in [0.15, 0.2) is 36.4 Å². The molecule has 0 aliphatic carbocycles. The first kappa shape index (κ1) is 14.9. The van der Waals surface area contributed by atoms with Crippen LogP contribution in [0.1, 0.15) is 0 Å². The molecule has 0 heterocycles. The molecule has 0 atom stereocenters. The van der Waals surface area contributed by atoms with E-state index in [4.69, 9.17) is 23.6 Å². The minimum Gasteiger partial charge on any atom is -0.240 e. The number of benzene rings is 2. The van der Waals surface area contributed by atoms with E-state index in [-0.39, 0.29) is 11.4 Å². The second-order valence-electron chi connectivity index (χ2n) is 3.72. The van der Waals surface area contributed by atoms with Gasteiger partial charge in [-0.2, -0.15) is 0 Å². The van der Waals surface area contributed by atoms with Crippen molar-refractivity contribution in [3.63, 3.8) is 0 Å². The lowest BCUT2D eigenvalue weighted by Crippen LogP contribution is -2.26. The van der Waals surface area contributed by atoms with E-state index < -0.39 is 23.3 Å². The summed E-state index contributed by atoms with van der Waals surface area (Å²) >= 11 is 11.1. The molecule has 0 aromatic heterocycles. The maximum atomic E-state index is 13.7. The van der Waals surface area contributed by atoms with Gasteiger partial charge in [0.25, 0.3) is 0 Å². The zero-order chi connectivity index (χ0) is 14.9. The van der Waals surface area contributed by atoms with Crippen molar-refractivity contribution < 1.29 is 17.6 Å². The van der Waals surface area contributed by atoms with Crippen LogP contribution in [0, 0.1) is 23.3 Å². The third-order valence-electron chi connectivity index (χ3n) is 2.43. The second kappa shape index (κ2) is 5.87. The van der Waals surface area contributed by atoms with Crippen molar-refractivity contribution in [1.82, 2.24) is 4.05 Å². The van der Waals surface area contributed by atoms with Crippen LogP contribution < -0.4 is 5.01 Å². The number of hydrazine groups is 1. The van der Waals surface area contributed by atoms with Gasteiger partial charge in [-0.15, -0.1) is 0 Å². The van der Waals surface area contributed by atoms with Crippen LogP contribution in [0.5, 0.6) is 0 Å². The fourth-order valence-electron chi connectivity index (χ4n) is 1.60. The Morgan fingerprint density at radius 1 is 0.700 bits per heavy atom. The number of halogens is 6. The summed E-state index contributed by atoms with van der Waals surface area (Å²) in [6, 6.07) is 5.10. The van der Waals surface area contributed by atoms with E-state index in [0.717, 1.165) is 24.3 Å². The molecule has 0 amide bonds. The van der Waals surface area contributed by atoms with Crippen molar-refractivity contribution in [3.8, 4) is 0 Å². The fourth-order valence-corrected chi connectivity index (χ4v) is 1.92. The van der Waals surface area contributed by atoms with Crippen molar-refractivity contribution in [2.45, 2.75) is 0 Å². The molecule has 2 aromatic rings. The zero-order valence-corrected chi connectivity index (χ0v) is 11.1. The molecule has 106 valence electrons. The van der Waals surface area contributed by atoms with E-state index in [1.165, 1.54) is 0 Å². The lowest BCUT2D eigenvalue weighted by Gasteiger charge is -2.26. The van der Waals surface area contributed by atoms with E-state index in [0.29, 0.717) is 21.2 Å². The molecular formula is C12H6Cl2F4N2. The Hall–Kier alpha value is -1.50. The SMILES string of the molecule is Fc1ccc(N(c2ccc(F)cc2F)N(Cl)Cl)c(F)c1. The summed E-state index contributed by atoms with van der Waals surface area (Å²) in [6.07, 6.45) is 0. The maximum absolute atomic E-state index is 13.7. The molecule has 0 aliphatic rings. The monoisotopic (exact) mass is 324 g/mol. The van der Waals surface area contributed by atoms with Gasteiger partial charge < -0.3 is 0 Å². The minimum atomic E-state index is -1.01. The normalized spacial score (nSPS) is 10.9. The summed E-state index contributed by atoms with van der Waals surface area (Å²) < 4.78 is 53.6. The Kier molecular flexibility index (Phi) is 4.37. The maximum Gasteiger partial charge on any atom is 0.151 e. The summed E-state index contributed by atoms with van der Waals surface area (Å²) in [4.78, 5) is 0. The average molecular weight is 325 g/mol. The van der Waals surface area contributed by atoms with E-state index in [9.17, 15) is 17.6 Å². The van der Waals surface area contributed by atoms with E-state index in [1.54, 1.807) is 0 Å². The van der Waals surface area contributed by atoms with Crippen LogP contribution in [0.4, 0.5) is 28.9 Å². The third kappa shape index (κ3) is 2.98.